The molecule has 1 saturated carbocycles. The Kier molecular flexibility index (Phi) is 4.04. The van der Waals surface area contributed by atoms with Crippen LogP contribution >= 0.6 is 0 Å². The third-order valence-electron chi connectivity index (χ3n) is 5.59. The van der Waals surface area contributed by atoms with E-state index in [4.69, 9.17) is 4.98 Å². The van der Waals surface area contributed by atoms with Crippen molar-refractivity contribution in [3.63, 3.8) is 0 Å². The molecule has 1 saturated heterocycles. The first-order valence-corrected chi connectivity index (χ1v) is 9.82. The van der Waals surface area contributed by atoms with Crippen molar-refractivity contribution < 1.29 is 4.79 Å². The molecule has 0 radical (unpaired) electrons. The molecule has 1 aliphatic carbocycles. The maximum atomic E-state index is 12.9. The van der Waals surface area contributed by atoms with Crippen molar-refractivity contribution in [3.8, 4) is 0 Å². The number of fused-ring (bicyclic) bond motifs is 1. The lowest BCUT2D eigenvalue weighted by Crippen LogP contribution is -2.27. The Labute approximate surface area is 159 Å². The first-order valence-electron chi connectivity index (χ1n) is 9.82. The van der Waals surface area contributed by atoms with Gasteiger partial charge in [-0.3, -0.25) is 4.79 Å². The zero-order valence-corrected chi connectivity index (χ0v) is 15.3. The van der Waals surface area contributed by atoms with Gasteiger partial charge < -0.3 is 10.2 Å². The van der Waals surface area contributed by atoms with E-state index >= 15 is 0 Å². The lowest BCUT2D eigenvalue weighted by atomic mass is 10.0. The summed E-state index contributed by atoms with van der Waals surface area (Å²) >= 11 is 0. The standard InChI is InChI=1S/C23H23N3O/c27-23(24-17-12-13-17)19-15-22(25-20-10-5-4-9-18(19)20)26-14-6-11-21(26)16-7-2-1-3-8-16/h1-5,7-10,15,17,21H,6,11-14H2,(H,24,27). The number of benzene rings is 2. The van der Waals surface area contributed by atoms with Crippen molar-refractivity contribution >= 4 is 22.6 Å². The van der Waals surface area contributed by atoms with Crippen LogP contribution in [0.15, 0.2) is 60.7 Å². The molecule has 27 heavy (non-hydrogen) atoms. The van der Waals surface area contributed by atoms with Crippen LogP contribution in [0.3, 0.4) is 0 Å². The highest BCUT2D eigenvalue weighted by Crippen LogP contribution is 2.36. The van der Waals surface area contributed by atoms with Gasteiger partial charge >= 0.3 is 0 Å². The van der Waals surface area contributed by atoms with E-state index < -0.39 is 0 Å². The Balaban J connectivity index is 1.57. The van der Waals surface area contributed by atoms with Crippen molar-refractivity contribution in [2.24, 2.45) is 0 Å². The van der Waals surface area contributed by atoms with Gasteiger partial charge in [-0.15, -0.1) is 0 Å². The maximum Gasteiger partial charge on any atom is 0.252 e. The van der Waals surface area contributed by atoms with Crippen LogP contribution in [-0.4, -0.2) is 23.5 Å². The van der Waals surface area contributed by atoms with E-state index in [0.717, 1.165) is 54.5 Å². The number of pyridine rings is 1. The molecule has 0 spiro atoms. The zero-order valence-electron chi connectivity index (χ0n) is 15.3. The molecule has 1 unspecified atom stereocenters. The minimum absolute atomic E-state index is 0.0211. The van der Waals surface area contributed by atoms with Gasteiger partial charge in [-0.25, -0.2) is 4.98 Å². The number of nitrogens with zero attached hydrogens (tertiary/aromatic N) is 2. The molecule has 1 N–H and O–H groups in total. The largest absolute Gasteiger partial charge is 0.350 e. The number of hydrogen-bond acceptors (Lipinski definition) is 3. The molecule has 1 aromatic heterocycles. The number of aromatic nitrogens is 1. The molecule has 4 heteroatoms. The maximum absolute atomic E-state index is 12.9. The van der Waals surface area contributed by atoms with Gasteiger partial charge in [-0.1, -0.05) is 48.5 Å². The van der Waals surface area contributed by atoms with E-state index in [1.165, 1.54) is 5.56 Å². The van der Waals surface area contributed by atoms with Crippen molar-refractivity contribution in [1.29, 1.82) is 0 Å². The molecular formula is C23H23N3O. The molecule has 0 bridgehead atoms. The topological polar surface area (TPSA) is 45.2 Å². The molecule has 1 aliphatic heterocycles. The van der Waals surface area contributed by atoms with Gasteiger partial charge in [-0.2, -0.15) is 0 Å². The third-order valence-corrected chi connectivity index (χ3v) is 5.59. The van der Waals surface area contributed by atoms with Crippen molar-refractivity contribution in [3.05, 3.63) is 71.8 Å². The van der Waals surface area contributed by atoms with E-state index in [1.807, 2.05) is 30.3 Å². The Morgan fingerprint density at radius 3 is 2.59 bits per heavy atom. The second kappa shape index (κ2) is 6.69. The highest BCUT2D eigenvalue weighted by Gasteiger charge is 2.29. The molecule has 5 rings (SSSR count). The van der Waals surface area contributed by atoms with E-state index in [1.54, 1.807) is 0 Å². The summed E-state index contributed by atoms with van der Waals surface area (Å²) in [6.45, 7) is 0.967. The molecule has 1 atom stereocenters. The highest BCUT2D eigenvalue weighted by atomic mass is 16.1. The molecule has 2 aliphatic rings. The number of para-hydroxylation sites is 1. The molecule has 136 valence electrons. The van der Waals surface area contributed by atoms with Crippen LogP contribution in [0.2, 0.25) is 0 Å². The van der Waals surface area contributed by atoms with E-state index in [9.17, 15) is 4.79 Å². The summed E-state index contributed by atoms with van der Waals surface area (Å²) in [4.78, 5) is 20.1. The molecule has 4 nitrogen and oxygen atoms in total. The lowest BCUT2D eigenvalue weighted by Gasteiger charge is -2.27. The molecule has 1 amide bonds. The minimum Gasteiger partial charge on any atom is -0.350 e. The third kappa shape index (κ3) is 3.16. The van der Waals surface area contributed by atoms with Gasteiger partial charge in [0.1, 0.15) is 5.82 Å². The normalized spacial score (nSPS) is 19.4. The number of amides is 1. The van der Waals surface area contributed by atoms with Crippen LogP contribution in [0.1, 0.15) is 47.6 Å². The van der Waals surface area contributed by atoms with Crippen molar-refractivity contribution in [1.82, 2.24) is 10.3 Å². The quantitative estimate of drug-likeness (QED) is 0.749. The van der Waals surface area contributed by atoms with Crippen LogP contribution in [-0.2, 0) is 0 Å². The highest BCUT2D eigenvalue weighted by molar-refractivity contribution is 6.07. The monoisotopic (exact) mass is 357 g/mol. The van der Waals surface area contributed by atoms with Crippen LogP contribution in [0.25, 0.3) is 10.9 Å². The summed E-state index contributed by atoms with van der Waals surface area (Å²) in [5.74, 6) is 0.925. The summed E-state index contributed by atoms with van der Waals surface area (Å²) in [7, 11) is 0. The first-order chi connectivity index (χ1) is 13.3. The first kappa shape index (κ1) is 16.3. The Morgan fingerprint density at radius 1 is 1.00 bits per heavy atom. The number of hydrogen-bond donors (Lipinski definition) is 1. The fourth-order valence-electron chi connectivity index (χ4n) is 4.05. The SMILES string of the molecule is O=C(NC1CC1)c1cc(N2CCCC2c2ccccc2)nc2ccccc12. The predicted octanol–water partition coefficient (Wildman–Crippen LogP) is 4.47. The number of nitrogens with one attached hydrogen (secondary N) is 1. The van der Waals surface area contributed by atoms with E-state index in [2.05, 4.69) is 40.5 Å². The second-order valence-electron chi connectivity index (χ2n) is 7.56. The van der Waals surface area contributed by atoms with Crippen molar-refractivity contribution in [2.45, 2.75) is 37.8 Å². The van der Waals surface area contributed by atoms with Gasteiger partial charge in [0, 0.05) is 18.0 Å². The van der Waals surface area contributed by atoms with Crippen LogP contribution in [0.4, 0.5) is 5.82 Å². The fourth-order valence-corrected chi connectivity index (χ4v) is 4.05. The van der Waals surface area contributed by atoms with Gasteiger partial charge in [0.05, 0.1) is 17.1 Å². The summed E-state index contributed by atoms with van der Waals surface area (Å²) < 4.78 is 0. The Morgan fingerprint density at radius 2 is 1.78 bits per heavy atom. The average Bonchev–Trinajstić information content (AvgIpc) is 3.39. The summed E-state index contributed by atoms with van der Waals surface area (Å²) in [5.41, 5.74) is 2.94. The van der Waals surface area contributed by atoms with Crippen LogP contribution in [0, 0.1) is 0 Å². The summed E-state index contributed by atoms with van der Waals surface area (Å²) in [6.07, 6.45) is 4.42. The minimum atomic E-state index is 0.0211. The van der Waals surface area contributed by atoms with Crippen LogP contribution in [0.5, 0.6) is 0 Å². The molecule has 2 heterocycles. The fraction of sp³-hybridized carbons (Fsp3) is 0.304. The van der Waals surface area contributed by atoms with E-state index in [0.29, 0.717) is 12.1 Å². The smallest absolute Gasteiger partial charge is 0.252 e. The Bertz CT molecular complexity index is 981. The Hall–Kier alpha value is -2.88. The molecule has 2 fully saturated rings. The van der Waals surface area contributed by atoms with Gasteiger partial charge in [0.25, 0.3) is 5.91 Å². The summed E-state index contributed by atoms with van der Waals surface area (Å²) in [5, 5.41) is 4.06. The summed E-state index contributed by atoms with van der Waals surface area (Å²) in [6, 6.07) is 21.2. The van der Waals surface area contributed by atoms with Gasteiger partial charge in [-0.05, 0) is 43.4 Å². The second-order valence-corrected chi connectivity index (χ2v) is 7.56. The number of carbonyl (C=O) groups is 1. The van der Waals surface area contributed by atoms with Crippen molar-refractivity contribution in [2.75, 3.05) is 11.4 Å². The average molecular weight is 357 g/mol. The molecular weight excluding hydrogens is 334 g/mol. The van der Waals surface area contributed by atoms with E-state index in [-0.39, 0.29) is 5.91 Å². The van der Waals surface area contributed by atoms with Gasteiger partial charge in [0.2, 0.25) is 0 Å². The molecule has 3 aromatic rings. The number of anilines is 1. The lowest BCUT2D eigenvalue weighted by molar-refractivity contribution is 0.0952. The predicted molar refractivity (Wildman–Crippen MR) is 108 cm³/mol. The van der Waals surface area contributed by atoms with Gasteiger partial charge in [0.15, 0.2) is 0 Å². The number of rotatable bonds is 4. The van der Waals surface area contributed by atoms with Crippen LogP contribution < -0.4 is 10.2 Å². The molecule has 2 aromatic carbocycles. The zero-order chi connectivity index (χ0) is 18.2. The number of carbonyl (C=O) groups excluding carboxylic acids is 1.